The van der Waals surface area contributed by atoms with E-state index in [-0.39, 0.29) is 6.54 Å². The van der Waals surface area contributed by atoms with Crippen LogP contribution < -0.4 is 5.73 Å². The van der Waals surface area contributed by atoms with E-state index in [0.717, 1.165) is 0 Å². The van der Waals surface area contributed by atoms with Gasteiger partial charge >= 0.3 is 0 Å². The second-order valence-electron chi connectivity index (χ2n) is 1.97. The van der Waals surface area contributed by atoms with Gasteiger partial charge in [-0.15, -0.1) is 10.2 Å². The molecular weight excluding hydrogens is 198 g/mol. The van der Waals surface area contributed by atoms with Crippen LogP contribution in [-0.2, 0) is 6.54 Å². The van der Waals surface area contributed by atoms with Gasteiger partial charge in [0.25, 0.3) is 5.22 Å². The maximum Gasteiger partial charge on any atom is 0.276 e. The summed E-state index contributed by atoms with van der Waals surface area (Å²) in [6, 6.07) is 0. The van der Waals surface area contributed by atoms with Crippen molar-refractivity contribution in [2.75, 3.05) is 5.75 Å². The first-order valence-electron chi connectivity index (χ1n) is 3.21. The molecule has 0 aromatic carbocycles. The third-order valence-corrected chi connectivity index (χ3v) is 2.17. The van der Waals surface area contributed by atoms with Gasteiger partial charge in [0.1, 0.15) is 0 Å². The predicted octanol–water partition coefficient (Wildman–Crippen LogP) is 1.37. The molecule has 4 nitrogen and oxygen atoms in total. The summed E-state index contributed by atoms with van der Waals surface area (Å²) < 4.78 is 5.10. The molecule has 0 radical (unpaired) electrons. The molecule has 0 saturated carbocycles. The molecule has 0 unspecified atom stereocenters. The molecule has 0 aliphatic heterocycles. The second kappa shape index (κ2) is 4.49. The quantitative estimate of drug-likeness (QED) is 0.753. The van der Waals surface area contributed by atoms with E-state index in [2.05, 4.69) is 16.8 Å². The summed E-state index contributed by atoms with van der Waals surface area (Å²) in [5.41, 5.74) is 5.27. The lowest BCUT2D eigenvalue weighted by Crippen LogP contribution is -1.95. The number of hydrogen-bond donors (Lipinski definition) is 1. The van der Waals surface area contributed by atoms with E-state index in [9.17, 15) is 0 Å². The number of hydrogen-bond acceptors (Lipinski definition) is 5. The average molecular weight is 206 g/mol. The Morgan fingerprint density at radius 2 is 2.42 bits per heavy atom. The summed E-state index contributed by atoms with van der Waals surface area (Å²) in [5, 5.41) is 8.42. The van der Waals surface area contributed by atoms with Crippen molar-refractivity contribution in [1.29, 1.82) is 0 Å². The van der Waals surface area contributed by atoms with E-state index in [1.54, 1.807) is 0 Å². The zero-order valence-corrected chi connectivity index (χ0v) is 7.86. The topological polar surface area (TPSA) is 64.9 Å². The summed E-state index contributed by atoms with van der Waals surface area (Å²) in [5.74, 6) is 0.992. The van der Waals surface area contributed by atoms with Crippen LogP contribution >= 0.6 is 23.4 Å². The van der Waals surface area contributed by atoms with Crippen LogP contribution in [0.2, 0.25) is 0 Å². The van der Waals surface area contributed by atoms with Gasteiger partial charge in [0.15, 0.2) is 0 Å². The summed E-state index contributed by atoms with van der Waals surface area (Å²) in [6.45, 7) is 3.79. The normalized spacial score (nSPS) is 10.2. The number of halogens is 1. The van der Waals surface area contributed by atoms with Crippen molar-refractivity contribution in [2.45, 2.75) is 11.8 Å². The zero-order chi connectivity index (χ0) is 8.97. The van der Waals surface area contributed by atoms with E-state index >= 15 is 0 Å². The monoisotopic (exact) mass is 205 g/mol. The first kappa shape index (κ1) is 9.57. The lowest BCUT2D eigenvalue weighted by molar-refractivity contribution is 0.415. The standard InChI is InChI=1S/C6H8ClN3OS/c1-4(7)3-12-6-10-9-5(2-8)11-6/h1-3,8H2. The number of nitrogens with two attached hydrogens (primary N) is 1. The van der Waals surface area contributed by atoms with E-state index in [1.807, 2.05) is 0 Å². The van der Waals surface area contributed by atoms with Crippen molar-refractivity contribution in [1.82, 2.24) is 10.2 Å². The summed E-state index contributed by atoms with van der Waals surface area (Å²) in [7, 11) is 0. The number of thioether (sulfide) groups is 1. The van der Waals surface area contributed by atoms with Crippen molar-refractivity contribution >= 4 is 23.4 Å². The van der Waals surface area contributed by atoms with Gasteiger partial charge < -0.3 is 10.2 Å². The highest BCUT2D eigenvalue weighted by Gasteiger charge is 2.04. The van der Waals surface area contributed by atoms with Crippen LogP contribution in [-0.4, -0.2) is 16.0 Å². The highest BCUT2D eigenvalue weighted by Crippen LogP contribution is 2.19. The zero-order valence-electron chi connectivity index (χ0n) is 6.29. The van der Waals surface area contributed by atoms with Crippen LogP contribution in [0.4, 0.5) is 0 Å². The molecule has 6 heteroatoms. The van der Waals surface area contributed by atoms with E-state index < -0.39 is 0 Å². The summed E-state index contributed by atoms with van der Waals surface area (Å²) >= 11 is 6.88. The van der Waals surface area contributed by atoms with Gasteiger partial charge in [-0.25, -0.2) is 0 Å². The molecular formula is C6H8ClN3OS. The maximum atomic E-state index is 5.54. The Hall–Kier alpha value is -0.520. The van der Waals surface area contributed by atoms with Crippen molar-refractivity contribution in [3.05, 3.63) is 17.5 Å². The van der Waals surface area contributed by atoms with Crippen LogP contribution in [0.1, 0.15) is 5.89 Å². The van der Waals surface area contributed by atoms with Gasteiger partial charge in [0.05, 0.1) is 6.54 Å². The Labute approximate surface area is 79.2 Å². The molecule has 0 saturated heterocycles. The summed E-state index contributed by atoms with van der Waals surface area (Å²) in [6.07, 6.45) is 0. The summed E-state index contributed by atoms with van der Waals surface area (Å²) in [4.78, 5) is 0. The minimum Gasteiger partial charge on any atom is -0.415 e. The Morgan fingerprint density at radius 3 is 2.92 bits per heavy atom. The molecule has 0 spiro atoms. The fourth-order valence-corrected chi connectivity index (χ4v) is 1.22. The van der Waals surface area contributed by atoms with Gasteiger partial charge in [0.2, 0.25) is 5.89 Å². The Balaban J connectivity index is 2.47. The minimum atomic E-state index is 0.259. The molecule has 0 amide bonds. The van der Waals surface area contributed by atoms with Gasteiger partial charge in [-0.2, -0.15) is 0 Å². The van der Waals surface area contributed by atoms with E-state index in [1.165, 1.54) is 11.8 Å². The molecule has 1 rings (SSSR count). The van der Waals surface area contributed by atoms with Crippen molar-refractivity contribution in [3.8, 4) is 0 Å². The second-order valence-corrected chi connectivity index (χ2v) is 3.43. The number of aromatic nitrogens is 2. The molecule has 1 heterocycles. The van der Waals surface area contributed by atoms with Gasteiger partial charge in [0, 0.05) is 10.8 Å². The molecule has 1 aromatic heterocycles. The Kier molecular flexibility index (Phi) is 3.58. The average Bonchev–Trinajstić information content (AvgIpc) is 2.48. The highest BCUT2D eigenvalue weighted by molar-refractivity contribution is 7.99. The predicted molar refractivity (Wildman–Crippen MR) is 47.9 cm³/mol. The fourth-order valence-electron chi connectivity index (χ4n) is 0.519. The minimum absolute atomic E-state index is 0.259. The largest absolute Gasteiger partial charge is 0.415 e. The van der Waals surface area contributed by atoms with E-state index in [4.69, 9.17) is 21.8 Å². The fraction of sp³-hybridized carbons (Fsp3) is 0.333. The third kappa shape index (κ3) is 2.84. The van der Waals surface area contributed by atoms with Crippen LogP contribution in [0.3, 0.4) is 0 Å². The third-order valence-electron chi connectivity index (χ3n) is 0.975. The highest BCUT2D eigenvalue weighted by atomic mass is 35.5. The van der Waals surface area contributed by atoms with Crippen LogP contribution in [0.25, 0.3) is 0 Å². The Bertz CT molecular complexity index is 276. The first-order valence-corrected chi connectivity index (χ1v) is 4.57. The number of rotatable bonds is 4. The molecule has 0 aliphatic carbocycles. The number of nitrogens with zero attached hydrogens (tertiary/aromatic N) is 2. The Morgan fingerprint density at radius 1 is 1.67 bits per heavy atom. The molecule has 1 aromatic rings. The van der Waals surface area contributed by atoms with Crippen LogP contribution in [0, 0.1) is 0 Å². The molecule has 0 fully saturated rings. The molecule has 0 aliphatic rings. The van der Waals surface area contributed by atoms with Crippen LogP contribution in [0.5, 0.6) is 0 Å². The van der Waals surface area contributed by atoms with Crippen molar-refractivity contribution < 1.29 is 4.42 Å². The van der Waals surface area contributed by atoms with Crippen molar-refractivity contribution in [2.24, 2.45) is 5.73 Å². The van der Waals surface area contributed by atoms with E-state index in [0.29, 0.717) is 21.9 Å². The van der Waals surface area contributed by atoms with Gasteiger partial charge in [-0.05, 0) is 0 Å². The van der Waals surface area contributed by atoms with Crippen LogP contribution in [0.15, 0.2) is 21.3 Å². The molecule has 66 valence electrons. The lowest BCUT2D eigenvalue weighted by atomic mass is 10.7. The van der Waals surface area contributed by atoms with Gasteiger partial charge in [-0.3, -0.25) is 0 Å². The van der Waals surface area contributed by atoms with Crippen molar-refractivity contribution in [3.63, 3.8) is 0 Å². The SMILES string of the molecule is C=C(Cl)CSc1nnc(CN)o1. The molecule has 0 atom stereocenters. The lowest BCUT2D eigenvalue weighted by Gasteiger charge is -1.90. The molecule has 0 bridgehead atoms. The smallest absolute Gasteiger partial charge is 0.276 e. The maximum absolute atomic E-state index is 5.54. The molecule has 2 N–H and O–H groups in total. The molecule has 12 heavy (non-hydrogen) atoms. The van der Waals surface area contributed by atoms with Gasteiger partial charge in [-0.1, -0.05) is 29.9 Å². The first-order chi connectivity index (χ1) is 5.72.